The fraction of sp³-hybridized carbons (Fsp3) is 0.538. The third kappa shape index (κ3) is 3.22. The van der Waals surface area contributed by atoms with Crippen LogP contribution in [0.25, 0.3) is 0 Å². The largest absolute Gasteiger partial charge is 0.0955 e. The van der Waals surface area contributed by atoms with Crippen LogP contribution in [0.1, 0.15) is 40.5 Å². The zero-order valence-corrected chi connectivity index (χ0v) is 9.28. The first-order chi connectivity index (χ1) is 5.88. The van der Waals surface area contributed by atoms with Crippen molar-refractivity contribution in [1.29, 1.82) is 0 Å². The average molecular weight is 176 g/mol. The highest BCUT2D eigenvalue weighted by Crippen LogP contribution is 2.31. The molecule has 0 aromatic heterocycles. The average Bonchev–Trinajstić information content (AvgIpc) is 2.31. The van der Waals surface area contributed by atoms with Gasteiger partial charge >= 0.3 is 0 Å². The van der Waals surface area contributed by atoms with Crippen LogP contribution >= 0.6 is 0 Å². The maximum absolute atomic E-state index is 3.96. The van der Waals surface area contributed by atoms with E-state index in [1.165, 1.54) is 17.6 Å². The molecule has 0 unspecified atom stereocenters. The number of allylic oxidation sites excluding steroid dienone is 5. The van der Waals surface area contributed by atoms with E-state index in [0.29, 0.717) is 5.41 Å². The summed E-state index contributed by atoms with van der Waals surface area (Å²) in [4.78, 5) is 0. The third-order valence-corrected chi connectivity index (χ3v) is 2.19. The van der Waals surface area contributed by atoms with Gasteiger partial charge < -0.3 is 0 Å². The maximum Gasteiger partial charge on any atom is -0.0126 e. The minimum Gasteiger partial charge on any atom is -0.0955 e. The minimum absolute atomic E-state index is 0.407. The summed E-state index contributed by atoms with van der Waals surface area (Å²) in [5, 5.41) is 0. The van der Waals surface area contributed by atoms with E-state index >= 15 is 0 Å². The van der Waals surface area contributed by atoms with Gasteiger partial charge in [-0.05, 0) is 30.8 Å². The number of hydrogen-bond acceptors (Lipinski definition) is 0. The molecule has 0 aliphatic heterocycles. The Morgan fingerprint density at radius 3 is 2.46 bits per heavy atom. The SMILES string of the molecule is C=C(C)C1=CCC(CC(C)(C)C)=C1. The Morgan fingerprint density at radius 2 is 2.08 bits per heavy atom. The van der Waals surface area contributed by atoms with Crippen LogP contribution in [0.3, 0.4) is 0 Å². The molecule has 0 amide bonds. The van der Waals surface area contributed by atoms with Crippen LogP contribution in [-0.2, 0) is 0 Å². The summed E-state index contributed by atoms with van der Waals surface area (Å²) in [5.41, 5.74) is 4.47. The highest BCUT2D eigenvalue weighted by molar-refractivity contribution is 5.44. The van der Waals surface area contributed by atoms with Gasteiger partial charge in [-0.25, -0.2) is 0 Å². The van der Waals surface area contributed by atoms with Gasteiger partial charge in [0.05, 0.1) is 0 Å². The number of rotatable bonds is 2. The smallest absolute Gasteiger partial charge is 0.0126 e. The topological polar surface area (TPSA) is 0 Å². The summed E-state index contributed by atoms with van der Waals surface area (Å²) >= 11 is 0. The predicted octanol–water partition coefficient (Wildman–Crippen LogP) is 4.26. The molecule has 72 valence electrons. The van der Waals surface area contributed by atoms with Crippen molar-refractivity contribution in [3.63, 3.8) is 0 Å². The summed E-state index contributed by atoms with van der Waals surface area (Å²) in [7, 11) is 0. The fourth-order valence-corrected chi connectivity index (χ4v) is 1.68. The molecule has 0 spiro atoms. The Kier molecular flexibility index (Phi) is 2.80. The Hall–Kier alpha value is -0.780. The van der Waals surface area contributed by atoms with Gasteiger partial charge in [0, 0.05) is 0 Å². The summed E-state index contributed by atoms with van der Waals surface area (Å²) in [5.74, 6) is 0. The highest BCUT2D eigenvalue weighted by atomic mass is 14.2. The van der Waals surface area contributed by atoms with Crippen molar-refractivity contribution < 1.29 is 0 Å². The van der Waals surface area contributed by atoms with Crippen molar-refractivity contribution >= 4 is 0 Å². The summed E-state index contributed by atoms with van der Waals surface area (Å²) in [6.07, 6.45) is 6.90. The molecule has 0 saturated heterocycles. The van der Waals surface area contributed by atoms with Gasteiger partial charge in [0.1, 0.15) is 0 Å². The van der Waals surface area contributed by atoms with Crippen molar-refractivity contribution in [3.05, 3.63) is 35.5 Å². The van der Waals surface area contributed by atoms with E-state index in [4.69, 9.17) is 0 Å². The van der Waals surface area contributed by atoms with Gasteiger partial charge in [0.15, 0.2) is 0 Å². The third-order valence-electron chi connectivity index (χ3n) is 2.19. The predicted molar refractivity (Wildman–Crippen MR) is 59.7 cm³/mol. The van der Waals surface area contributed by atoms with Gasteiger partial charge in [-0.2, -0.15) is 0 Å². The first kappa shape index (κ1) is 10.3. The van der Waals surface area contributed by atoms with Crippen LogP contribution < -0.4 is 0 Å². The van der Waals surface area contributed by atoms with E-state index in [1.54, 1.807) is 5.57 Å². The first-order valence-corrected chi connectivity index (χ1v) is 4.94. The van der Waals surface area contributed by atoms with Crippen LogP contribution in [0.4, 0.5) is 0 Å². The van der Waals surface area contributed by atoms with E-state index < -0.39 is 0 Å². The fourth-order valence-electron chi connectivity index (χ4n) is 1.68. The molecule has 1 aliphatic carbocycles. The van der Waals surface area contributed by atoms with Gasteiger partial charge in [0.2, 0.25) is 0 Å². The summed E-state index contributed by atoms with van der Waals surface area (Å²) in [6.45, 7) is 12.9. The summed E-state index contributed by atoms with van der Waals surface area (Å²) < 4.78 is 0. The quantitative estimate of drug-likeness (QED) is 0.590. The molecule has 1 aliphatic rings. The monoisotopic (exact) mass is 176 g/mol. The molecule has 1 rings (SSSR count). The lowest BCUT2D eigenvalue weighted by Crippen LogP contribution is -2.05. The van der Waals surface area contributed by atoms with Gasteiger partial charge in [-0.3, -0.25) is 0 Å². The van der Waals surface area contributed by atoms with Crippen molar-refractivity contribution in [3.8, 4) is 0 Å². The Balaban J connectivity index is 2.61. The lowest BCUT2D eigenvalue weighted by molar-refractivity contribution is 0.407. The van der Waals surface area contributed by atoms with Crippen LogP contribution in [0.5, 0.6) is 0 Å². The molecule has 0 fully saturated rings. The van der Waals surface area contributed by atoms with Gasteiger partial charge in [-0.15, -0.1) is 0 Å². The lowest BCUT2D eigenvalue weighted by atomic mass is 9.87. The molecule has 0 aromatic carbocycles. The molecule has 0 saturated carbocycles. The normalized spacial score (nSPS) is 16.9. The molecule has 0 radical (unpaired) electrons. The molecule has 0 bridgehead atoms. The molecule has 0 aromatic rings. The first-order valence-electron chi connectivity index (χ1n) is 4.94. The molecule has 0 N–H and O–H groups in total. The molecule has 0 heterocycles. The van der Waals surface area contributed by atoms with E-state index in [1.807, 2.05) is 0 Å². The zero-order valence-electron chi connectivity index (χ0n) is 9.28. The second kappa shape index (κ2) is 3.53. The van der Waals surface area contributed by atoms with Crippen molar-refractivity contribution in [1.82, 2.24) is 0 Å². The highest BCUT2D eigenvalue weighted by Gasteiger charge is 2.15. The van der Waals surface area contributed by atoms with E-state index in [9.17, 15) is 0 Å². The molecular weight excluding hydrogens is 156 g/mol. The van der Waals surface area contributed by atoms with Crippen LogP contribution in [0.2, 0.25) is 0 Å². The standard InChI is InChI=1S/C13H20/c1-10(2)12-7-6-11(8-12)9-13(3,4)5/h7-8H,1,6,9H2,2-5H3. The van der Waals surface area contributed by atoms with E-state index in [-0.39, 0.29) is 0 Å². The summed E-state index contributed by atoms with van der Waals surface area (Å²) in [6, 6.07) is 0. The molecule has 0 atom stereocenters. The van der Waals surface area contributed by atoms with Gasteiger partial charge in [-0.1, -0.05) is 50.6 Å². The lowest BCUT2D eigenvalue weighted by Gasteiger charge is -2.18. The van der Waals surface area contributed by atoms with Crippen LogP contribution in [0.15, 0.2) is 35.5 Å². The minimum atomic E-state index is 0.407. The Labute approximate surface area is 82.0 Å². The zero-order chi connectivity index (χ0) is 10.1. The second-order valence-corrected chi connectivity index (χ2v) is 5.18. The molecule has 0 heteroatoms. The Morgan fingerprint density at radius 1 is 1.46 bits per heavy atom. The van der Waals surface area contributed by atoms with E-state index in [2.05, 4.69) is 46.4 Å². The maximum atomic E-state index is 3.96. The molecule has 13 heavy (non-hydrogen) atoms. The van der Waals surface area contributed by atoms with Crippen molar-refractivity contribution in [2.24, 2.45) is 5.41 Å². The van der Waals surface area contributed by atoms with Crippen LogP contribution in [-0.4, -0.2) is 0 Å². The van der Waals surface area contributed by atoms with Crippen molar-refractivity contribution in [2.45, 2.75) is 40.5 Å². The Bertz CT molecular complexity index is 269. The van der Waals surface area contributed by atoms with Crippen LogP contribution in [0, 0.1) is 5.41 Å². The van der Waals surface area contributed by atoms with Gasteiger partial charge in [0.25, 0.3) is 0 Å². The van der Waals surface area contributed by atoms with Crippen molar-refractivity contribution in [2.75, 3.05) is 0 Å². The molecular formula is C13H20. The van der Waals surface area contributed by atoms with E-state index in [0.717, 1.165) is 6.42 Å². The molecule has 0 nitrogen and oxygen atoms in total. The number of hydrogen-bond donors (Lipinski definition) is 0. The second-order valence-electron chi connectivity index (χ2n) is 5.18.